The van der Waals surface area contributed by atoms with Gasteiger partial charge in [0.15, 0.2) is 5.82 Å². The maximum atomic E-state index is 13.2. The largest absolute Gasteiger partial charge is 0.495 e. The van der Waals surface area contributed by atoms with Crippen LogP contribution in [-0.4, -0.2) is 35.9 Å². The van der Waals surface area contributed by atoms with E-state index in [4.69, 9.17) is 9.26 Å². The number of anilines is 1. The van der Waals surface area contributed by atoms with Crippen LogP contribution >= 0.6 is 12.4 Å². The zero-order valence-electron chi connectivity index (χ0n) is 13.0. The first kappa shape index (κ1) is 18.2. The molecule has 0 saturated carbocycles. The lowest BCUT2D eigenvalue weighted by molar-refractivity contribution is -0.115. The van der Waals surface area contributed by atoms with E-state index in [1.807, 2.05) is 6.07 Å². The Labute approximate surface area is 144 Å². The molecule has 0 radical (unpaired) electrons. The lowest BCUT2D eigenvalue weighted by Gasteiger charge is -2.08. The third-order valence-electron chi connectivity index (χ3n) is 3.56. The second-order valence-corrected chi connectivity index (χ2v) is 5.27. The van der Waals surface area contributed by atoms with Crippen LogP contribution in [0.5, 0.6) is 5.75 Å². The molecular weight excluding hydrogens is 339 g/mol. The van der Waals surface area contributed by atoms with Crippen molar-refractivity contribution in [3.05, 3.63) is 36.0 Å². The first-order chi connectivity index (χ1) is 11.2. The Morgan fingerprint density at radius 1 is 1.50 bits per heavy atom. The van der Waals surface area contributed by atoms with Gasteiger partial charge < -0.3 is 19.9 Å². The molecule has 2 heterocycles. The quantitative estimate of drug-likeness (QED) is 0.852. The Bertz CT molecular complexity index is 697. The van der Waals surface area contributed by atoms with E-state index in [1.165, 1.54) is 7.11 Å². The molecule has 1 aromatic heterocycles. The minimum absolute atomic E-state index is 0. The molecule has 0 unspecified atom stereocenters. The lowest BCUT2D eigenvalue weighted by atomic mass is 10.2. The van der Waals surface area contributed by atoms with Crippen molar-refractivity contribution < 1.29 is 18.4 Å². The Morgan fingerprint density at radius 3 is 3.00 bits per heavy atom. The number of methoxy groups -OCH3 is 1. The molecule has 1 aromatic carbocycles. The van der Waals surface area contributed by atoms with E-state index < -0.39 is 6.17 Å². The number of carbonyl (C=O) groups excluding carboxylic acids is 1. The second kappa shape index (κ2) is 8.07. The summed E-state index contributed by atoms with van der Waals surface area (Å²) in [7, 11) is 1.53. The van der Waals surface area contributed by atoms with Crippen molar-refractivity contribution in [1.82, 2.24) is 15.5 Å². The number of halogens is 2. The first-order valence-electron chi connectivity index (χ1n) is 7.28. The number of nitrogens with zero attached hydrogens (tertiary/aromatic N) is 2. The van der Waals surface area contributed by atoms with Crippen molar-refractivity contribution in [2.45, 2.75) is 25.1 Å². The Balaban J connectivity index is 0.00000208. The van der Waals surface area contributed by atoms with Gasteiger partial charge in [-0.25, -0.2) is 4.39 Å². The van der Waals surface area contributed by atoms with Crippen LogP contribution in [0.2, 0.25) is 0 Å². The highest BCUT2D eigenvalue weighted by Gasteiger charge is 2.29. The Hall–Kier alpha value is -2.19. The van der Waals surface area contributed by atoms with Gasteiger partial charge in [-0.2, -0.15) is 4.98 Å². The normalized spacial score (nSPS) is 19.6. The van der Waals surface area contributed by atoms with Crippen LogP contribution in [0.4, 0.5) is 10.1 Å². The molecule has 130 valence electrons. The van der Waals surface area contributed by atoms with Gasteiger partial charge in [-0.1, -0.05) is 17.3 Å². The maximum absolute atomic E-state index is 13.2. The molecule has 24 heavy (non-hydrogen) atoms. The predicted molar refractivity (Wildman–Crippen MR) is 87.1 cm³/mol. The maximum Gasteiger partial charge on any atom is 0.243 e. The highest BCUT2D eigenvalue weighted by Crippen LogP contribution is 2.24. The fourth-order valence-electron chi connectivity index (χ4n) is 2.45. The summed E-state index contributed by atoms with van der Waals surface area (Å²) in [6.07, 6.45) is -0.647. The van der Waals surface area contributed by atoms with Gasteiger partial charge in [0, 0.05) is 13.0 Å². The van der Waals surface area contributed by atoms with Crippen molar-refractivity contribution in [2.24, 2.45) is 0 Å². The highest BCUT2D eigenvalue weighted by molar-refractivity contribution is 5.93. The second-order valence-electron chi connectivity index (χ2n) is 5.27. The molecule has 7 nitrogen and oxygen atoms in total. The van der Waals surface area contributed by atoms with Crippen LogP contribution in [0, 0.1) is 0 Å². The Kier molecular flexibility index (Phi) is 6.10. The number of aromatic nitrogens is 2. The number of hydrogen-bond acceptors (Lipinski definition) is 6. The number of nitrogens with one attached hydrogen (secondary N) is 2. The van der Waals surface area contributed by atoms with E-state index in [1.54, 1.807) is 18.2 Å². The van der Waals surface area contributed by atoms with Crippen molar-refractivity contribution >= 4 is 24.0 Å². The molecule has 0 aliphatic carbocycles. The smallest absolute Gasteiger partial charge is 0.243 e. The van der Waals surface area contributed by atoms with E-state index in [0.717, 1.165) is 0 Å². The van der Waals surface area contributed by atoms with Crippen molar-refractivity contribution in [3.8, 4) is 5.75 Å². The molecule has 2 atom stereocenters. The molecule has 1 aliphatic rings. The summed E-state index contributed by atoms with van der Waals surface area (Å²) in [5.74, 6) is 0.852. The van der Waals surface area contributed by atoms with Gasteiger partial charge in [0.1, 0.15) is 11.9 Å². The molecule has 1 aliphatic heterocycles. The van der Waals surface area contributed by atoms with E-state index in [9.17, 15) is 9.18 Å². The Morgan fingerprint density at radius 2 is 2.29 bits per heavy atom. The van der Waals surface area contributed by atoms with Gasteiger partial charge in [-0.05, 0) is 12.1 Å². The number of hydrogen-bond donors (Lipinski definition) is 2. The molecule has 1 fully saturated rings. The van der Waals surface area contributed by atoms with E-state index in [0.29, 0.717) is 23.7 Å². The fraction of sp³-hybridized carbons (Fsp3) is 0.400. The van der Waals surface area contributed by atoms with Gasteiger partial charge in [-0.15, -0.1) is 12.4 Å². The van der Waals surface area contributed by atoms with Crippen LogP contribution in [-0.2, 0) is 11.2 Å². The summed E-state index contributed by atoms with van der Waals surface area (Å²) < 4.78 is 23.4. The predicted octanol–water partition coefficient (Wildman–Crippen LogP) is 2.05. The van der Waals surface area contributed by atoms with Crippen LogP contribution in [0.15, 0.2) is 28.8 Å². The average Bonchev–Trinajstić information content (AvgIpc) is 3.16. The first-order valence-corrected chi connectivity index (χ1v) is 7.28. The minimum atomic E-state index is -0.913. The van der Waals surface area contributed by atoms with E-state index in [-0.39, 0.29) is 43.1 Å². The van der Waals surface area contributed by atoms with Crippen LogP contribution in [0.25, 0.3) is 0 Å². The van der Waals surface area contributed by atoms with Crippen molar-refractivity contribution in [3.63, 3.8) is 0 Å². The molecular formula is C15H18ClFN4O3. The van der Waals surface area contributed by atoms with Gasteiger partial charge in [0.25, 0.3) is 0 Å². The monoisotopic (exact) mass is 356 g/mol. The zero-order chi connectivity index (χ0) is 16.2. The summed E-state index contributed by atoms with van der Waals surface area (Å²) in [6.45, 7) is 0.274. The molecule has 1 amide bonds. The van der Waals surface area contributed by atoms with E-state index in [2.05, 4.69) is 20.8 Å². The number of para-hydroxylation sites is 2. The van der Waals surface area contributed by atoms with Gasteiger partial charge >= 0.3 is 0 Å². The molecule has 2 aromatic rings. The van der Waals surface area contributed by atoms with Crippen LogP contribution < -0.4 is 15.4 Å². The molecule has 0 spiro atoms. The average molecular weight is 357 g/mol. The van der Waals surface area contributed by atoms with Crippen molar-refractivity contribution in [1.29, 1.82) is 0 Å². The molecule has 3 rings (SSSR count). The minimum Gasteiger partial charge on any atom is -0.495 e. The molecule has 2 N–H and O–H groups in total. The highest BCUT2D eigenvalue weighted by atomic mass is 35.5. The number of amides is 1. The zero-order valence-corrected chi connectivity index (χ0v) is 13.8. The SMILES string of the molecule is COc1ccccc1NC(=O)Cc1noc([C@H]2C[C@H](F)CN2)n1.Cl. The number of ether oxygens (including phenoxy) is 1. The van der Waals surface area contributed by atoms with Crippen LogP contribution in [0.3, 0.4) is 0 Å². The lowest BCUT2D eigenvalue weighted by Crippen LogP contribution is -2.16. The number of alkyl halides is 1. The summed E-state index contributed by atoms with van der Waals surface area (Å²) in [6, 6.07) is 6.81. The summed E-state index contributed by atoms with van der Waals surface area (Å²) in [5, 5.41) is 9.46. The van der Waals surface area contributed by atoms with Crippen LogP contribution in [0.1, 0.15) is 24.2 Å². The fourth-order valence-corrected chi connectivity index (χ4v) is 2.45. The summed E-state index contributed by atoms with van der Waals surface area (Å²) >= 11 is 0. The summed E-state index contributed by atoms with van der Waals surface area (Å²) in [4.78, 5) is 16.2. The summed E-state index contributed by atoms with van der Waals surface area (Å²) in [5.41, 5.74) is 0.571. The number of benzene rings is 1. The molecule has 9 heteroatoms. The van der Waals surface area contributed by atoms with Gasteiger partial charge in [0.2, 0.25) is 11.8 Å². The topological polar surface area (TPSA) is 89.3 Å². The molecule has 0 bridgehead atoms. The van der Waals surface area contributed by atoms with E-state index >= 15 is 0 Å². The third-order valence-corrected chi connectivity index (χ3v) is 3.56. The van der Waals surface area contributed by atoms with Crippen molar-refractivity contribution in [2.75, 3.05) is 19.0 Å². The van der Waals surface area contributed by atoms with Gasteiger partial charge in [-0.3, -0.25) is 4.79 Å². The number of rotatable bonds is 5. The third kappa shape index (κ3) is 4.21. The van der Waals surface area contributed by atoms with Gasteiger partial charge in [0.05, 0.1) is 25.3 Å². The number of carbonyl (C=O) groups is 1. The molecule has 1 saturated heterocycles. The standard InChI is InChI=1S/C15H17FN4O3.ClH/c1-22-12-5-3-2-4-10(12)18-14(21)7-13-19-15(23-20-13)11-6-9(16)8-17-11;/h2-5,9,11,17H,6-8H2,1H3,(H,18,21);1H/t9-,11+;/m0./s1.